The summed E-state index contributed by atoms with van der Waals surface area (Å²) in [6.07, 6.45) is 0.0410. The minimum absolute atomic E-state index is 0.0770. The number of carbonyl (C=O) groups excluding carboxylic acids is 1. The molecule has 1 heterocycles. The quantitative estimate of drug-likeness (QED) is 0.744. The van der Waals surface area contributed by atoms with Crippen LogP contribution in [0.5, 0.6) is 5.75 Å². The van der Waals surface area contributed by atoms with E-state index in [-0.39, 0.29) is 18.0 Å². The first-order valence-corrected chi connectivity index (χ1v) is 6.46. The monoisotopic (exact) mass is 264 g/mol. The average Bonchev–Trinajstić information content (AvgIpc) is 2.85. The van der Waals surface area contributed by atoms with Crippen LogP contribution in [-0.4, -0.2) is 36.8 Å². The molecule has 1 saturated heterocycles. The second-order valence-electron chi connectivity index (χ2n) is 4.86. The van der Waals surface area contributed by atoms with E-state index in [2.05, 4.69) is 10.6 Å². The number of aliphatic hydroxyl groups excluding tert-OH is 1. The lowest BCUT2D eigenvalue weighted by Crippen LogP contribution is -2.41. The molecule has 1 aromatic carbocycles. The van der Waals surface area contributed by atoms with Crippen LogP contribution in [-0.2, 0) is 4.79 Å². The molecule has 3 atom stereocenters. The lowest BCUT2D eigenvalue weighted by atomic mass is 10.1. The maximum absolute atomic E-state index is 12.0. The molecule has 1 amide bonds. The molecule has 0 spiro atoms. The molecule has 1 fully saturated rings. The largest absolute Gasteiger partial charge is 0.497 e. The zero-order valence-corrected chi connectivity index (χ0v) is 11.2. The summed E-state index contributed by atoms with van der Waals surface area (Å²) in [5.41, 5.74) is 0.992. The number of benzene rings is 1. The van der Waals surface area contributed by atoms with Crippen LogP contribution in [0.1, 0.15) is 24.9 Å². The lowest BCUT2D eigenvalue weighted by Gasteiger charge is -2.18. The van der Waals surface area contributed by atoms with Gasteiger partial charge in [-0.3, -0.25) is 4.79 Å². The smallest absolute Gasteiger partial charge is 0.237 e. The van der Waals surface area contributed by atoms with Crippen LogP contribution in [0.3, 0.4) is 0 Å². The van der Waals surface area contributed by atoms with Gasteiger partial charge in [0.1, 0.15) is 5.75 Å². The van der Waals surface area contributed by atoms with Crippen molar-refractivity contribution in [3.63, 3.8) is 0 Å². The summed E-state index contributed by atoms with van der Waals surface area (Å²) in [4.78, 5) is 12.0. The number of methoxy groups -OCH3 is 1. The van der Waals surface area contributed by atoms with Crippen LogP contribution in [0.15, 0.2) is 24.3 Å². The fourth-order valence-corrected chi connectivity index (χ4v) is 2.22. The average molecular weight is 264 g/mol. The minimum atomic E-state index is -0.428. The van der Waals surface area contributed by atoms with Gasteiger partial charge in [-0.05, 0) is 31.0 Å². The Morgan fingerprint density at radius 3 is 3.00 bits per heavy atom. The van der Waals surface area contributed by atoms with Crippen molar-refractivity contribution >= 4 is 5.91 Å². The molecule has 1 aromatic rings. The topological polar surface area (TPSA) is 70.6 Å². The molecule has 2 rings (SSSR count). The predicted molar refractivity (Wildman–Crippen MR) is 72.0 cm³/mol. The number of carbonyl (C=O) groups is 1. The van der Waals surface area contributed by atoms with Gasteiger partial charge < -0.3 is 20.5 Å². The van der Waals surface area contributed by atoms with E-state index in [1.54, 1.807) is 7.11 Å². The van der Waals surface area contributed by atoms with Crippen molar-refractivity contribution < 1.29 is 14.6 Å². The van der Waals surface area contributed by atoms with E-state index in [0.717, 1.165) is 11.3 Å². The highest BCUT2D eigenvalue weighted by molar-refractivity contribution is 5.82. The number of hydrogen-bond donors (Lipinski definition) is 3. The Kier molecular flexibility index (Phi) is 4.39. The highest BCUT2D eigenvalue weighted by Gasteiger charge is 2.28. The highest BCUT2D eigenvalue weighted by atomic mass is 16.5. The molecular formula is C14H20N2O3. The van der Waals surface area contributed by atoms with E-state index in [4.69, 9.17) is 4.74 Å². The summed E-state index contributed by atoms with van der Waals surface area (Å²) in [5.74, 6) is 0.694. The SMILES string of the molecule is COc1cccc([C@H](C)NC(=O)C2CC(O)CN2)c1. The molecule has 3 N–H and O–H groups in total. The van der Waals surface area contributed by atoms with E-state index in [9.17, 15) is 9.90 Å². The Hall–Kier alpha value is -1.59. The van der Waals surface area contributed by atoms with Crippen LogP contribution in [0.25, 0.3) is 0 Å². The maximum Gasteiger partial charge on any atom is 0.237 e. The molecule has 0 saturated carbocycles. The Balaban J connectivity index is 1.96. The van der Waals surface area contributed by atoms with Crippen LogP contribution in [0.2, 0.25) is 0 Å². The van der Waals surface area contributed by atoms with Gasteiger partial charge in [0, 0.05) is 6.54 Å². The lowest BCUT2D eigenvalue weighted by molar-refractivity contribution is -0.123. The fourth-order valence-electron chi connectivity index (χ4n) is 2.22. The van der Waals surface area contributed by atoms with E-state index in [1.165, 1.54) is 0 Å². The molecule has 2 unspecified atom stereocenters. The van der Waals surface area contributed by atoms with E-state index in [1.807, 2.05) is 31.2 Å². The van der Waals surface area contributed by atoms with Crippen molar-refractivity contribution in [2.75, 3.05) is 13.7 Å². The summed E-state index contributed by atoms with van der Waals surface area (Å²) < 4.78 is 5.17. The van der Waals surface area contributed by atoms with Gasteiger partial charge in [-0.1, -0.05) is 12.1 Å². The van der Waals surface area contributed by atoms with E-state index in [0.29, 0.717) is 13.0 Å². The van der Waals surface area contributed by atoms with Crippen LogP contribution >= 0.6 is 0 Å². The fraction of sp³-hybridized carbons (Fsp3) is 0.500. The third-order valence-corrected chi connectivity index (χ3v) is 3.38. The number of hydrogen-bond acceptors (Lipinski definition) is 4. The maximum atomic E-state index is 12.0. The van der Waals surface area contributed by atoms with Gasteiger partial charge in [-0.25, -0.2) is 0 Å². The van der Waals surface area contributed by atoms with Gasteiger partial charge in [-0.15, -0.1) is 0 Å². The van der Waals surface area contributed by atoms with Crippen molar-refractivity contribution in [3.8, 4) is 5.75 Å². The van der Waals surface area contributed by atoms with Gasteiger partial charge >= 0.3 is 0 Å². The minimum Gasteiger partial charge on any atom is -0.497 e. The molecule has 1 aliphatic rings. The Labute approximate surface area is 113 Å². The zero-order chi connectivity index (χ0) is 13.8. The standard InChI is InChI=1S/C14H20N2O3/c1-9(10-4-3-5-12(6-10)19-2)16-14(18)13-7-11(17)8-15-13/h3-6,9,11,13,15,17H,7-8H2,1-2H3,(H,16,18)/t9-,11?,13?/m0/s1. The van der Waals surface area contributed by atoms with Gasteiger partial charge in [0.25, 0.3) is 0 Å². The van der Waals surface area contributed by atoms with E-state index >= 15 is 0 Å². The number of ether oxygens (including phenoxy) is 1. The third kappa shape index (κ3) is 3.45. The Morgan fingerprint density at radius 2 is 2.37 bits per heavy atom. The van der Waals surface area contributed by atoms with E-state index < -0.39 is 6.10 Å². The van der Waals surface area contributed by atoms with Gasteiger partial charge in [0.2, 0.25) is 5.91 Å². The molecule has 1 aliphatic heterocycles. The van der Waals surface area contributed by atoms with Crippen molar-refractivity contribution in [2.45, 2.75) is 31.5 Å². The second kappa shape index (κ2) is 6.04. The number of β-amino-alcohol motifs (C(OH)–C–C–N with tert-alkyl or cyclic N) is 1. The van der Waals surface area contributed by atoms with Crippen molar-refractivity contribution in [1.82, 2.24) is 10.6 Å². The molecule has 0 aliphatic carbocycles. The van der Waals surface area contributed by atoms with Crippen LogP contribution in [0, 0.1) is 0 Å². The first-order chi connectivity index (χ1) is 9.10. The molecule has 0 radical (unpaired) electrons. The van der Waals surface area contributed by atoms with Crippen LogP contribution in [0.4, 0.5) is 0 Å². The summed E-state index contributed by atoms with van der Waals surface area (Å²) >= 11 is 0. The zero-order valence-electron chi connectivity index (χ0n) is 11.2. The Bertz CT molecular complexity index is 450. The molecule has 5 heteroatoms. The highest BCUT2D eigenvalue weighted by Crippen LogP contribution is 2.19. The number of amides is 1. The number of rotatable bonds is 4. The normalized spacial score (nSPS) is 23.9. The Morgan fingerprint density at radius 1 is 1.58 bits per heavy atom. The summed E-state index contributed by atoms with van der Waals surface area (Å²) in [5, 5.41) is 15.3. The molecule has 0 aromatic heterocycles. The molecule has 5 nitrogen and oxygen atoms in total. The molecule has 104 valence electrons. The molecule has 19 heavy (non-hydrogen) atoms. The first kappa shape index (κ1) is 13.8. The molecule has 0 bridgehead atoms. The first-order valence-electron chi connectivity index (χ1n) is 6.46. The summed E-state index contributed by atoms with van der Waals surface area (Å²) in [7, 11) is 1.62. The second-order valence-corrected chi connectivity index (χ2v) is 4.86. The summed E-state index contributed by atoms with van der Waals surface area (Å²) in [6.45, 7) is 2.41. The van der Waals surface area contributed by atoms with Crippen molar-refractivity contribution in [1.29, 1.82) is 0 Å². The van der Waals surface area contributed by atoms with Gasteiger partial charge in [0.05, 0.1) is 25.3 Å². The van der Waals surface area contributed by atoms with Gasteiger partial charge in [0.15, 0.2) is 0 Å². The number of aliphatic hydroxyl groups is 1. The van der Waals surface area contributed by atoms with Crippen LogP contribution < -0.4 is 15.4 Å². The number of nitrogens with one attached hydrogen (secondary N) is 2. The third-order valence-electron chi connectivity index (χ3n) is 3.38. The predicted octanol–water partition coefficient (Wildman–Crippen LogP) is 0.595. The van der Waals surface area contributed by atoms with Crippen molar-refractivity contribution in [2.24, 2.45) is 0 Å². The van der Waals surface area contributed by atoms with Crippen molar-refractivity contribution in [3.05, 3.63) is 29.8 Å². The summed E-state index contributed by atoms with van der Waals surface area (Å²) in [6, 6.07) is 7.22. The van der Waals surface area contributed by atoms with Gasteiger partial charge in [-0.2, -0.15) is 0 Å². The molecular weight excluding hydrogens is 244 g/mol.